The summed E-state index contributed by atoms with van der Waals surface area (Å²) in [5.41, 5.74) is -0.535. The molecule has 0 saturated carbocycles. The third-order valence-electron chi connectivity index (χ3n) is 4.96. The third kappa shape index (κ3) is 2.59. The highest BCUT2D eigenvalue weighted by atomic mass is 16.6. The Morgan fingerprint density at radius 2 is 1.75 bits per heavy atom. The second kappa shape index (κ2) is 6.15. The van der Waals surface area contributed by atoms with Gasteiger partial charge in [-0.1, -0.05) is 18.2 Å². The van der Waals surface area contributed by atoms with Crippen molar-refractivity contribution in [3.8, 4) is 0 Å². The van der Waals surface area contributed by atoms with E-state index in [1.807, 2.05) is 0 Å². The standard InChI is InChI=1S/C19H15N3O6/c1-10(23)28-16-8-11-6-7-12(22(26)27)9-15(11)19(16)20-17(24)13-4-2-3-5-14(13)18(25)21-19/h2-7,9,16H,8H2,1H3,(H,20,24)(H,21,25)/t16-/m1/s1. The normalized spacial score (nSPS) is 19.1. The van der Waals surface area contributed by atoms with E-state index >= 15 is 0 Å². The number of nitro benzene ring substituents is 1. The molecule has 2 aliphatic rings. The van der Waals surface area contributed by atoms with Gasteiger partial charge in [0.15, 0.2) is 11.8 Å². The van der Waals surface area contributed by atoms with Gasteiger partial charge in [-0.2, -0.15) is 0 Å². The fourth-order valence-electron chi connectivity index (χ4n) is 3.78. The first-order chi connectivity index (χ1) is 13.3. The molecule has 1 atom stereocenters. The minimum absolute atomic E-state index is 0.164. The second-order valence-corrected chi connectivity index (χ2v) is 6.66. The van der Waals surface area contributed by atoms with E-state index in [2.05, 4.69) is 10.6 Å². The summed E-state index contributed by atoms with van der Waals surface area (Å²) in [5, 5.41) is 16.7. The zero-order chi connectivity index (χ0) is 20.1. The molecular formula is C19H15N3O6. The van der Waals surface area contributed by atoms with Crippen LogP contribution in [0.3, 0.4) is 0 Å². The summed E-state index contributed by atoms with van der Waals surface area (Å²) >= 11 is 0. The first kappa shape index (κ1) is 17.7. The lowest BCUT2D eigenvalue weighted by molar-refractivity contribution is -0.385. The largest absolute Gasteiger partial charge is 0.457 e. The van der Waals surface area contributed by atoms with E-state index in [0.29, 0.717) is 11.1 Å². The van der Waals surface area contributed by atoms with Gasteiger partial charge in [0.1, 0.15) is 0 Å². The number of hydrogen-bond acceptors (Lipinski definition) is 6. The van der Waals surface area contributed by atoms with Crippen molar-refractivity contribution in [1.29, 1.82) is 0 Å². The lowest BCUT2D eigenvalue weighted by Gasteiger charge is -2.35. The molecule has 9 nitrogen and oxygen atoms in total. The van der Waals surface area contributed by atoms with Gasteiger partial charge >= 0.3 is 5.97 Å². The van der Waals surface area contributed by atoms with Crippen LogP contribution < -0.4 is 10.6 Å². The van der Waals surface area contributed by atoms with Crippen molar-refractivity contribution in [2.75, 3.05) is 0 Å². The van der Waals surface area contributed by atoms with Gasteiger partial charge in [-0.05, 0) is 17.7 Å². The summed E-state index contributed by atoms with van der Waals surface area (Å²) < 4.78 is 5.40. The first-order valence-corrected chi connectivity index (χ1v) is 8.51. The van der Waals surface area contributed by atoms with Crippen molar-refractivity contribution < 1.29 is 24.0 Å². The van der Waals surface area contributed by atoms with Crippen molar-refractivity contribution in [2.45, 2.75) is 25.1 Å². The average Bonchev–Trinajstić information content (AvgIpc) is 2.86. The van der Waals surface area contributed by atoms with Crippen molar-refractivity contribution in [3.63, 3.8) is 0 Å². The number of esters is 1. The highest BCUT2D eigenvalue weighted by molar-refractivity contribution is 6.09. The maximum Gasteiger partial charge on any atom is 0.303 e. The van der Waals surface area contributed by atoms with Crippen molar-refractivity contribution in [3.05, 3.63) is 74.8 Å². The van der Waals surface area contributed by atoms with Crippen LogP contribution in [0.5, 0.6) is 0 Å². The van der Waals surface area contributed by atoms with Gasteiger partial charge in [-0.25, -0.2) is 0 Å². The van der Waals surface area contributed by atoms with Gasteiger partial charge in [0.2, 0.25) is 0 Å². The Kier molecular flexibility index (Phi) is 3.88. The number of carbonyl (C=O) groups excluding carboxylic acids is 3. The van der Waals surface area contributed by atoms with Crippen LogP contribution in [0.15, 0.2) is 42.5 Å². The van der Waals surface area contributed by atoms with Gasteiger partial charge in [0, 0.05) is 31.0 Å². The monoisotopic (exact) mass is 381 g/mol. The lowest BCUT2D eigenvalue weighted by atomic mass is 9.98. The molecule has 1 aliphatic carbocycles. The summed E-state index contributed by atoms with van der Waals surface area (Å²) in [7, 11) is 0. The van der Waals surface area contributed by atoms with E-state index in [0.717, 1.165) is 0 Å². The Balaban J connectivity index is 1.91. The van der Waals surface area contributed by atoms with Crippen LogP contribution in [0.25, 0.3) is 0 Å². The Morgan fingerprint density at radius 3 is 2.29 bits per heavy atom. The van der Waals surface area contributed by atoms with Gasteiger partial charge in [-0.3, -0.25) is 24.5 Å². The van der Waals surface area contributed by atoms with Crippen LogP contribution in [0.4, 0.5) is 5.69 Å². The summed E-state index contributed by atoms with van der Waals surface area (Å²) in [5.74, 6) is -1.70. The molecule has 0 radical (unpaired) electrons. The molecule has 2 aromatic carbocycles. The fourth-order valence-corrected chi connectivity index (χ4v) is 3.78. The van der Waals surface area contributed by atoms with Crippen LogP contribution in [0, 0.1) is 10.1 Å². The third-order valence-corrected chi connectivity index (χ3v) is 4.96. The van der Waals surface area contributed by atoms with Gasteiger partial charge in [0.05, 0.1) is 16.1 Å². The molecule has 0 saturated heterocycles. The zero-order valence-electron chi connectivity index (χ0n) is 14.7. The number of rotatable bonds is 2. The van der Waals surface area contributed by atoms with Crippen LogP contribution in [-0.2, 0) is 21.6 Å². The quantitative estimate of drug-likeness (QED) is 0.460. The highest BCUT2D eigenvalue weighted by Gasteiger charge is 2.53. The number of ether oxygens (including phenoxy) is 1. The van der Waals surface area contributed by atoms with E-state index in [4.69, 9.17) is 4.74 Å². The molecule has 1 spiro atoms. The Bertz CT molecular complexity index is 1010. The summed E-state index contributed by atoms with van der Waals surface area (Å²) in [4.78, 5) is 48.1. The van der Waals surface area contributed by atoms with E-state index in [9.17, 15) is 24.5 Å². The number of amides is 2. The Labute approximate surface area is 158 Å². The molecule has 142 valence electrons. The lowest BCUT2D eigenvalue weighted by Crippen LogP contribution is -2.62. The van der Waals surface area contributed by atoms with Crippen LogP contribution >= 0.6 is 0 Å². The SMILES string of the molecule is CC(=O)O[C@@H]1Cc2ccc([N+](=O)[O-])cc2C12NC(=O)c1ccccc1C(=O)N2. The number of benzene rings is 2. The number of fused-ring (bicyclic) bond motifs is 3. The molecular weight excluding hydrogens is 366 g/mol. The van der Waals surface area contributed by atoms with Crippen molar-refractivity contribution in [2.24, 2.45) is 0 Å². The van der Waals surface area contributed by atoms with Crippen LogP contribution in [0.2, 0.25) is 0 Å². The summed E-state index contributed by atoms with van der Waals surface area (Å²) in [6, 6.07) is 10.4. The number of nitro groups is 1. The molecule has 2 aromatic rings. The van der Waals surface area contributed by atoms with E-state index in [-0.39, 0.29) is 23.2 Å². The minimum atomic E-state index is -1.61. The van der Waals surface area contributed by atoms with Crippen molar-refractivity contribution in [1.82, 2.24) is 10.6 Å². The maximum absolute atomic E-state index is 12.9. The molecule has 0 fully saturated rings. The first-order valence-electron chi connectivity index (χ1n) is 8.51. The van der Waals surface area contributed by atoms with Gasteiger partial charge in [-0.15, -0.1) is 0 Å². The molecule has 0 aromatic heterocycles. The van der Waals surface area contributed by atoms with E-state index < -0.39 is 34.5 Å². The van der Waals surface area contributed by atoms with E-state index in [1.54, 1.807) is 12.1 Å². The number of nitrogens with zero attached hydrogens (tertiary/aromatic N) is 1. The van der Waals surface area contributed by atoms with Crippen LogP contribution in [-0.4, -0.2) is 28.8 Å². The highest BCUT2D eigenvalue weighted by Crippen LogP contribution is 2.40. The van der Waals surface area contributed by atoms with Gasteiger partial charge < -0.3 is 15.4 Å². The predicted molar refractivity (Wildman–Crippen MR) is 95.4 cm³/mol. The number of nitrogens with one attached hydrogen (secondary N) is 2. The number of hydrogen-bond donors (Lipinski definition) is 2. The Hall–Kier alpha value is -3.75. The molecule has 2 N–H and O–H groups in total. The average molecular weight is 381 g/mol. The smallest absolute Gasteiger partial charge is 0.303 e. The topological polar surface area (TPSA) is 128 Å². The molecule has 2 amide bonds. The van der Waals surface area contributed by atoms with Crippen molar-refractivity contribution >= 4 is 23.5 Å². The molecule has 4 rings (SSSR count). The van der Waals surface area contributed by atoms with E-state index in [1.165, 1.54) is 37.3 Å². The minimum Gasteiger partial charge on any atom is -0.457 e. The fraction of sp³-hybridized carbons (Fsp3) is 0.211. The zero-order valence-corrected chi connectivity index (χ0v) is 14.7. The summed E-state index contributed by atoms with van der Waals surface area (Å²) in [6.07, 6.45) is -0.770. The molecule has 0 unspecified atom stereocenters. The Morgan fingerprint density at radius 1 is 1.14 bits per heavy atom. The molecule has 1 heterocycles. The maximum atomic E-state index is 12.9. The molecule has 1 aliphatic heterocycles. The molecule has 28 heavy (non-hydrogen) atoms. The second-order valence-electron chi connectivity index (χ2n) is 6.66. The summed E-state index contributed by atoms with van der Waals surface area (Å²) in [6.45, 7) is 1.22. The molecule has 9 heteroatoms. The van der Waals surface area contributed by atoms with Crippen LogP contribution in [0.1, 0.15) is 38.8 Å². The number of carbonyl (C=O) groups is 3. The number of non-ortho nitro benzene ring substituents is 1. The molecule has 0 bridgehead atoms. The van der Waals surface area contributed by atoms with Gasteiger partial charge in [0.25, 0.3) is 17.5 Å². The predicted octanol–water partition coefficient (Wildman–Crippen LogP) is 1.41.